The van der Waals surface area contributed by atoms with E-state index in [0.29, 0.717) is 42.8 Å². The van der Waals surface area contributed by atoms with E-state index >= 15 is 0 Å². The molecule has 0 unspecified atom stereocenters. The summed E-state index contributed by atoms with van der Waals surface area (Å²) in [6.45, 7) is 1.86. The third kappa shape index (κ3) is 6.19. The normalized spacial score (nSPS) is 23.4. The van der Waals surface area contributed by atoms with Gasteiger partial charge < -0.3 is 20.5 Å². The smallest absolute Gasteiger partial charge is 0.433 e. The van der Waals surface area contributed by atoms with Gasteiger partial charge in [0, 0.05) is 37.0 Å². The fourth-order valence-electron chi connectivity index (χ4n) is 4.78. The van der Waals surface area contributed by atoms with E-state index in [1.54, 1.807) is 18.3 Å². The van der Waals surface area contributed by atoms with E-state index in [9.17, 15) is 27.9 Å². The first kappa shape index (κ1) is 27.0. The molecular weight excluding hydrogens is 535 g/mol. The van der Waals surface area contributed by atoms with Crippen molar-refractivity contribution in [2.75, 3.05) is 5.32 Å². The summed E-state index contributed by atoms with van der Waals surface area (Å²) in [5, 5.41) is 17.7. The molecule has 3 aromatic rings. The summed E-state index contributed by atoms with van der Waals surface area (Å²) >= 11 is 1.34. The van der Waals surface area contributed by atoms with Crippen molar-refractivity contribution >= 4 is 34.8 Å². The predicted molar refractivity (Wildman–Crippen MR) is 136 cm³/mol. The Morgan fingerprint density at radius 1 is 1.18 bits per heavy atom. The maximum absolute atomic E-state index is 13.0. The van der Waals surface area contributed by atoms with Gasteiger partial charge in [-0.1, -0.05) is 6.07 Å². The number of alkyl halides is 3. The van der Waals surface area contributed by atoms with Crippen molar-refractivity contribution in [2.45, 2.75) is 69.4 Å². The zero-order chi connectivity index (χ0) is 27.8. The molecule has 1 saturated heterocycles. The van der Waals surface area contributed by atoms with Crippen LogP contribution >= 0.6 is 11.3 Å². The lowest BCUT2D eigenvalue weighted by atomic mass is 9.82. The highest BCUT2D eigenvalue weighted by atomic mass is 32.1. The molecule has 2 fully saturated rings. The number of amides is 1. The lowest BCUT2D eigenvalue weighted by molar-refractivity contribution is -0.148. The number of esters is 1. The number of halogens is 3. The Labute approximate surface area is 225 Å². The highest BCUT2D eigenvalue weighted by molar-refractivity contribution is 7.15. The van der Waals surface area contributed by atoms with Crippen LogP contribution in [0.15, 0.2) is 36.7 Å². The number of thiazole rings is 1. The largest absolute Gasteiger partial charge is 0.452 e. The van der Waals surface area contributed by atoms with Crippen LogP contribution in [0.2, 0.25) is 0 Å². The molecule has 9 nitrogen and oxygen atoms in total. The zero-order valence-electron chi connectivity index (χ0n) is 20.9. The van der Waals surface area contributed by atoms with Crippen LogP contribution in [-0.4, -0.2) is 44.1 Å². The highest BCUT2D eigenvalue weighted by Crippen LogP contribution is 2.41. The summed E-state index contributed by atoms with van der Waals surface area (Å²) in [6.07, 6.45) is -0.0700. The molecule has 1 amide bonds. The third-order valence-corrected chi connectivity index (χ3v) is 8.04. The van der Waals surface area contributed by atoms with Crippen molar-refractivity contribution in [1.82, 2.24) is 20.3 Å². The quantitative estimate of drug-likeness (QED) is 0.372. The molecule has 0 spiro atoms. The van der Waals surface area contributed by atoms with Gasteiger partial charge in [-0.15, -0.1) is 11.3 Å². The van der Waals surface area contributed by atoms with Crippen molar-refractivity contribution in [1.29, 1.82) is 0 Å². The van der Waals surface area contributed by atoms with E-state index in [1.807, 2.05) is 13.0 Å². The van der Waals surface area contributed by atoms with E-state index in [-0.39, 0.29) is 30.3 Å². The lowest BCUT2D eigenvalue weighted by Gasteiger charge is -2.35. The average molecular weight is 562 g/mol. The van der Waals surface area contributed by atoms with Crippen LogP contribution < -0.4 is 10.6 Å². The van der Waals surface area contributed by atoms with Crippen molar-refractivity contribution in [3.8, 4) is 10.4 Å². The van der Waals surface area contributed by atoms with Crippen LogP contribution in [0.25, 0.3) is 10.4 Å². The molecule has 1 aliphatic heterocycles. The Morgan fingerprint density at radius 3 is 2.64 bits per heavy atom. The van der Waals surface area contributed by atoms with Crippen LogP contribution in [0.1, 0.15) is 54.8 Å². The first-order valence-corrected chi connectivity index (χ1v) is 13.3. The number of nitrogens with one attached hydrogen (secondary N) is 2. The minimum atomic E-state index is -4.58. The minimum Gasteiger partial charge on any atom is -0.452 e. The summed E-state index contributed by atoms with van der Waals surface area (Å²) in [4.78, 5) is 36.3. The molecule has 1 aromatic carbocycles. The fraction of sp³-hybridized carbons (Fsp3) is 0.423. The molecular formula is C26H26F3N5O4S. The number of carbonyl (C=O) groups is 2. The fourth-order valence-corrected chi connectivity index (χ4v) is 5.83. The van der Waals surface area contributed by atoms with Crippen molar-refractivity contribution in [2.24, 2.45) is 0 Å². The van der Waals surface area contributed by atoms with E-state index < -0.39 is 23.6 Å². The number of hydrogen-bond donors (Lipinski definition) is 3. The highest BCUT2D eigenvalue weighted by Gasteiger charge is 2.39. The molecule has 2 aliphatic rings. The second-order valence-electron chi connectivity index (χ2n) is 9.84. The van der Waals surface area contributed by atoms with Gasteiger partial charge in [0.15, 0.2) is 6.10 Å². The van der Waals surface area contributed by atoms with Gasteiger partial charge in [0.1, 0.15) is 16.3 Å². The molecule has 39 heavy (non-hydrogen) atoms. The Hall–Kier alpha value is -3.58. The predicted octanol–water partition coefficient (Wildman–Crippen LogP) is 4.62. The van der Waals surface area contributed by atoms with E-state index in [4.69, 9.17) is 4.74 Å². The zero-order valence-corrected chi connectivity index (χ0v) is 21.7. The van der Waals surface area contributed by atoms with Gasteiger partial charge in [-0.25, -0.2) is 15.0 Å². The van der Waals surface area contributed by atoms with Crippen LogP contribution in [-0.2, 0) is 26.1 Å². The number of benzene rings is 1. The van der Waals surface area contributed by atoms with Gasteiger partial charge in [-0.2, -0.15) is 13.2 Å². The molecule has 0 radical (unpaired) electrons. The van der Waals surface area contributed by atoms with Crippen LogP contribution in [0, 0.1) is 6.92 Å². The number of carbonyl (C=O) groups excluding carboxylic acids is 2. The number of nitrogens with zero attached hydrogens (tertiary/aromatic N) is 3. The van der Waals surface area contributed by atoms with Gasteiger partial charge in [0.05, 0.1) is 4.88 Å². The maximum atomic E-state index is 13.0. The Kier molecular flexibility index (Phi) is 7.29. The van der Waals surface area contributed by atoms with Crippen molar-refractivity contribution < 1.29 is 32.6 Å². The second kappa shape index (κ2) is 10.5. The minimum absolute atomic E-state index is 0.125. The average Bonchev–Trinajstić information content (AvgIpc) is 3.55. The Bertz CT molecular complexity index is 1390. The van der Waals surface area contributed by atoms with Crippen molar-refractivity contribution in [3.05, 3.63) is 52.9 Å². The summed E-state index contributed by atoms with van der Waals surface area (Å²) in [6, 6.07) is 6.14. The second-order valence-corrected chi connectivity index (χ2v) is 10.9. The number of rotatable bonds is 6. The summed E-state index contributed by atoms with van der Waals surface area (Å²) in [7, 11) is 0. The summed E-state index contributed by atoms with van der Waals surface area (Å²) in [5.74, 6) is -0.837. The van der Waals surface area contributed by atoms with Crippen LogP contribution in [0.5, 0.6) is 0 Å². The molecule has 206 valence electrons. The molecule has 0 bridgehead atoms. The molecule has 3 heterocycles. The van der Waals surface area contributed by atoms with Gasteiger partial charge in [0.2, 0.25) is 5.95 Å². The summed E-state index contributed by atoms with van der Waals surface area (Å²) in [5.41, 5.74) is -0.0174. The van der Waals surface area contributed by atoms with Crippen molar-refractivity contribution in [3.63, 3.8) is 0 Å². The first-order valence-electron chi connectivity index (χ1n) is 12.5. The van der Waals surface area contributed by atoms with E-state index in [2.05, 4.69) is 25.6 Å². The number of aryl methyl sites for hydroxylation is 1. The topological polar surface area (TPSA) is 126 Å². The molecule has 5 rings (SSSR count). The molecule has 1 saturated carbocycles. The molecule has 1 aliphatic carbocycles. The van der Waals surface area contributed by atoms with Gasteiger partial charge in [-0.05, 0) is 61.9 Å². The number of anilines is 2. The number of hydrogen-bond acceptors (Lipinski definition) is 9. The number of aliphatic hydroxyl groups is 1. The molecule has 13 heteroatoms. The van der Waals surface area contributed by atoms with Gasteiger partial charge in [0.25, 0.3) is 5.91 Å². The summed E-state index contributed by atoms with van der Waals surface area (Å²) < 4.78 is 44.1. The van der Waals surface area contributed by atoms with Crippen LogP contribution in [0.4, 0.5) is 24.8 Å². The molecule has 3 N–H and O–H groups in total. The number of ether oxygens (including phenoxy) is 1. The third-order valence-electron chi connectivity index (χ3n) is 6.80. The van der Waals surface area contributed by atoms with E-state index in [0.717, 1.165) is 28.3 Å². The SMILES string of the molecule is Cc1cc(Nc2nccc(C(F)(F)F)n2)cc(-c2cnc([C@]3(O)CC[C@H](NC(=O)[C@H]4CCC(=O)O4)CC3)s2)c1. The molecule has 2 aromatic heterocycles. The number of aromatic nitrogens is 3. The van der Waals surface area contributed by atoms with Gasteiger partial charge >= 0.3 is 12.1 Å². The van der Waals surface area contributed by atoms with E-state index in [1.165, 1.54) is 11.3 Å². The standard InChI is InChI=1S/C26H26F3N5O4S/c1-14-10-15(12-17(11-14)33-24-30-9-6-20(34-24)26(27,28)29)19-13-31-23(39-19)25(37)7-4-16(5-8-25)32-22(36)18-2-3-21(35)38-18/h6,9-13,16,18,37H,2-5,7-8H2,1H3,(H,32,36)(H,30,33,34)/t16-,18-,25-/m1/s1. The lowest BCUT2D eigenvalue weighted by Crippen LogP contribution is -2.45. The Balaban J connectivity index is 1.25. The number of cyclic esters (lactones) is 1. The first-order chi connectivity index (χ1) is 18.5. The van der Waals surface area contributed by atoms with Gasteiger partial charge in [-0.3, -0.25) is 9.59 Å². The molecule has 1 atom stereocenters. The van der Waals surface area contributed by atoms with Crippen LogP contribution in [0.3, 0.4) is 0 Å². The monoisotopic (exact) mass is 561 g/mol. The maximum Gasteiger partial charge on any atom is 0.433 e. The Morgan fingerprint density at radius 2 is 1.95 bits per heavy atom.